The third kappa shape index (κ3) is 6.46. The molecular formula is C36H43N3O6S. The van der Waals surface area contributed by atoms with Crippen LogP contribution in [0.1, 0.15) is 91.6 Å². The summed E-state index contributed by atoms with van der Waals surface area (Å²) in [6.45, 7) is 7.68. The summed E-state index contributed by atoms with van der Waals surface area (Å²) in [5.41, 5.74) is 1.76. The van der Waals surface area contributed by atoms with Crippen molar-refractivity contribution in [3.63, 3.8) is 0 Å². The molecule has 9 nitrogen and oxygen atoms in total. The van der Waals surface area contributed by atoms with Crippen molar-refractivity contribution in [3.8, 4) is 0 Å². The molecule has 2 aliphatic rings. The highest BCUT2D eigenvalue weighted by atomic mass is 32.2. The summed E-state index contributed by atoms with van der Waals surface area (Å²) in [7, 11) is -3.72. The van der Waals surface area contributed by atoms with Gasteiger partial charge in [0.15, 0.2) is 5.54 Å². The zero-order valence-electron chi connectivity index (χ0n) is 27.0. The zero-order chi connectivity index (χ0) is 33.1. The van der Waals surface area contributed by atoms with Gasteiger partial charge < -0.3 is 15.4 Å². The normalized spacial score (nSPS) is 18.4. The van der Waals surface area contributed by atoms with Crippen LogP contribution in [0.5, 0.6) is 0 Å². The number of sulfonamides is 1. The Hall–Kier alpha value is -4.02. The number of benzene rings is 3. The SMILES string of the molecule is CCCN(CCC)S(=O)(=O)c1ccc(C(=O)NC(C)(OC(=O)C2(NC(C)=O)CCc3ccccc32)c2ccc3c(c2)CCC3)cc1. The van der Waals surface area contributed by atoms with Crippen molar-refractivity contribution < 1.29 is 27.5 Å². The van der Waals surface area contributed by atoms with Gasteiger partial charge >= 0.3 is 5.97 Å². The predicted molar refractivity (Wildman–Crippen MR) is 175 cm³/mol. The summed E-state index contributed by atoms with van der Waals surface area (Å²) in [6.07, 6.45) is 5.15. The van der Waals surface area contributed by atoms with E-state index in [-0.39, 0.29) is 16.4 Å². The van der Waals surface area contributed by atoms with Gasteiger partial charge in [0.1, 0.15) is 0 Å². The Morgan fingerprint density at radius 2 is 1.57 bits per heavy atom. The predicted octanol–water partition coefficient (Wildman–Crippen LogP) is 5.11. The second kappa shape index (κ2) is 13.4. The maximum Gasteiger partial charge on any atom is 0.338 e. The number of ether oxygens (including phenoxy) is 1. The van der Waals surface area contributed by atoms with Gasteiger partial charge in [0.05, 0.1) is 4.90 Å². The van der Waals surface area contributed by atoms with E-state index in [0.717, 1.165) is 30.4 Å². The minimum absolute atomic E-state index is 0.107. The van der Waals surface area contributed by atoms with Crippen LogP contribution in [0.15, 0.2) is 71.6 Å². The van der Waals surface area contributed by atoms with Gasteiger partial charge in [-0.2, -0.15) is 4.31 Å². The Labute approximate surface area is 271 Å². The lowest BCUT2D eigenvalue weighted by Gasteiger charge is -2.37. The lowest BCUT2D eigenvalue weighted by molar-refractivity contribution is -0.172. The number of fused-ring (bicyclic) bond motifs is 2. The Morgan fingerprint density at radius 3 is 2.24 bits per heavy atom. The fraction of sp³-hybridized carbons (Fsp3) is 0.417. The quantitative estimate of drug-likeness (QED) is 0.209. The molecule has 10 heteroatoms. The van der Waals surface area contributed by atoms with Crippen LogP contribution >= 0.6 is 0 Å². The maximum atomic E-state index is 14.3. The van der Waals surface area contributed by atoms with Crippen LogP contribution in [-0.2, 0) is 54.9 Å². The Kier molecular flexibility index (Phi) is 9.70. The molecule has 0 aliphatic heterocycles. The summed E-state index contributed by atoms with van der Waals surface area (Å²) in [4.78, 5) is 40.6. The van der Waals surface area contributed by atoms with Crippen LogP contribution in [-0.4, -0.2) is 43.6 Å². The van der Waals surface area contributed by atoms with E-state index in [4.69, 9.17) is 4.74 Å². The topological polar surface area (TPSA) is 122 Å². The summed E-state index contributed by atoms with van der Waals surface area (Å²) < 4.78 is 34.3. The molecule has 2 unspecified atom stereocenters. The van der Waals surface area contributed by atoms with E-state index in [1.54, 1.807) is 6.92 Å². The average molecular weight is 646 g/mol. The molecule has 0 saturated heterocycles. The number of hydrogen-bond acceptors (Lipinski definition) is 6. The number of carbonyl (C=O) groups is 3. The summed E-state index contributed by atoms with van der Waals surface area (Å²) in [5.74, 6) is -1.59. The number of carbonyl (C=O) groups excluding carboxylic acids is 3. The zero-order valence-corrected chi connectivity index (χ0v) is 27.8. The first kappa shape index (κ1) is 33.3. The fourth-order valence-corrected chi connectivity index (χ4v) is 8.29. The first-order chi connectivity index (χ1) is 21.9. The second-order valence-electron chi connectivity index (χ2n) is 12.4. The highest BCUT2D eigenvalue weighted by Gasteiger charge is 2.50. The minimum atomic E-state index is -3.72. The van der Waals surface area contributed by atoms with Gasteiger partial charge in [-0.05, 0) is 104 Å². The first-order valence-electron chi connectivity index (χ1n) is 16.1. The van der Waals surface area contributed by atoms with E-state index in [1.807, 2.05) is 56.3 Å². The van der Waals surface area contributed by atoms with Gasteiger partial charge in [-0.3, -0.25) is 9.59 Å². The second-order valence-corrected chi connectivity index (χ2v) is 14.3. The number of nitrogens with zero attached hydrogens (tertiary/aromatic N) is 1. The summed E-state index contributed by atoms with van der Waals surface area (Å²) >= 11 is 0. The number of hydrogen-bond donors (Lipinski definition) is 2. The summed E-state index contributed by atoms with van der Waals surface area (Å²) in [5, 5.41) is 5.81. The third-order valence-corrected chi connectivity index (χ3v) is 10.9. The molecule has 0 spiro atoms. The van der Waals surface area contributed by atoms with Gasteiger partial charge in [-0.25, -0.2) is 13.2 Å². The van der Waals surface area contributed by atoms with Crippen molar-refractivity contribution in [3.05, 3.63) is 100 Å². The molecule has 0 radical (unpaired) electrons. The standard InChI is InChI=1S/C36H43N3O6S/c1-5-22-39(23-6-2)46(43,44)31-18-15-28(16-19-31)33(41)38-35(4,30-17-14-26-11-9-12-29(26)24-30)45-34(42)36(37-25(3)40)21-20-27-10-7-8-13-32(27)36/h7-8,10,13-19,24H,5-6,9,11-12,20-23H2,1-4H3,(H,37,40)(H,38,41). The molecule has 46 heavy (non-hydrogen) atoms. The lowest BCUT2D eigenvalue weighted by atomic mass is 9.91. The molecular weight excluding hydrogens is 602 g/mol. The van der Waals surface area contributed by atoms with E-state index in [2.05, 4.69) is 10.6 Å². The van der Waals surface area contributed by atoms with Crippen molar-refractivity contribution in [2.45, 2.75) is 88.8 Å². The molecule has 2 aliphatic carbocycles. The van der Waals surface area contributed by atoms with Crippen LogP contribution in [0.3, 0.4) is 0 Å². The smallest absolute Gasteiger partial charge is 0.338 e. The Balaban J connectivity index is 1.48. The van der Waals surface area contributed by atoms with Crippen molar-refractivity contribution in [1.82, 2.24) is 14.9 Å². The van der Waals surface area contributed by atoms with Crippen molar-refractivity contribution in [2.75, 3.05) is 13.1 Å². The van der Waals surface area contributed by atoms with E-state index in [1.165, 1.54) is 41.1 Å². The number of nitrogens with one attached hydrogen (secondary N) is 2. The lowest BCUT2D eigenvalue weighted by Crippen LogP contribution is -2.55. The molecule has 0 aromatic heterocycles. The van der Waals surface area contributed by atoms with Crippen molar-refractivity contribution in [2.24, 2.45) is 0 Å². The van der Waals surface area contributed by atoms with Gasteiger partial charge in [0.25, 0.3) is 5.91 Å². The van der Waals surface area contributed by atoms with Gasteiger partial charge in [0.2, 0.25) is 21.7 Å². The number of rotatable bonds is 12. The number of aryl methyl sites for hydroxylation is 3. The Bertz CT molecular complexity index is 1730. The van der Waals surface area contributed by atoms with Gasteiger partial charge in [0, 0.05) is 31.1 Å². The van der Waals surface area contributed by atoms with Crippen LogP contribution in [0.2, 0.25) is 0 Å². The first-order valence-corrected chi connectivity index (χ1v) is 17.5. The minimum Gasteiger partial charge on any atom is -0.433 e. The number of amides is 2. The summed E-state index contributed by atoms with van der Waals surface area (Å²) in [6, 6.07) is 19.1. The molecule has 0 bridgehead atoms. The largest absolute Gasteiger partial charge is 0.433 e. The van der Waals surface area contributed by atoms with Crippen LogP contribution < -0.4 is 10.6 Å². The Morgan fingerprint density at radius 1 is 0.891 bits per heavy atom. The van der Waals surface area contributed by atoms with Crippen LogP contribution in [0.4, 0.5) is 0 Å². The molecule has 2 N–H and O–H groups in total. The van der Waals surface area contributed by atoms with E-state index in [9.17, 15) is 22.8 Å². The molecule has 244 valence electrons. The van der Waals surface area contributed by atoms with E-state index < -0.39 is 33.2 Å². The molecule has 0 heterocycles. The average Bonchev–Trinajstić information content (AvgIpc) is 3.66. The van der Waals surface area contributed by atoms with Gasteiger partial charge in [-0.15, -0.1) is 0 Å². The molecule has 3 aromatic carbocycles. The highest BCUT2D eigenvalue weighted by molar-refractivity contribution is 7.89. The van der Waals surface area contributed by atoms with Crippen molar-refractivity contribution >= 4 is 27.8 Å². The molecule has 2 atom stereocenters. The van der Waals surface area contributed by atoms with Crippen LogP contribution in [0.25, 0.3) is 0 Å². The molecule has 0 fully saturated rings. The molecule has 0 saturated carbocycles. The monoisotopic (exact) mass is 645 g/mol. The number of esters is 1. The molecule has 2 amide bonds. The van der Waals surface area contributed by atoms with Gasteiger partial charge in [-0.1, -0.05) is 50.2 Å². The van der Waals surface area contributed by atoms with E-state index in [0.29, 0.717) is 49.9 Å². The van der Waals surface area contributed by atoms with Crippen LogP contribution in [0, 0.1) is 0 Å². The fourth-order valence-electron chi connectivity index (χ4n) is 6.67. The van der Waals surface area contributed by atoms with Crippen molar-refractivity contribution in [1.29, 1.82) is 0 Å². The molecule has 3 aromatic rings. The third-order valence-electron chi connectivity index (χ3n) is 8.98. The molecule has 5 rings (SSSR count). The maximum absolute atomic E-state index is 14.3. The van der Waals surface area contributed by atoms with E-state index >= 15 is 0 Å². The highest BCUT2D eigenvalue weighted by Crippen LogP contribution is 2.40.